The van der Waals surface area contributed by atoms with Gasteiger partial charge in [-0.05, 0) is 36.2 Å². The largest absolute Gasteiger partial charge is 0.469 e. The Bertz CT molecular complexity index is 779. The molecular weight excluding hydrogens is 368 g/mol. The smallest absolute Gasteiger partial charge is 0.253 e. The third kappa shape index (κ3) is 6.64. The molecule has 1 aliphatic rings. The molecular formula is C22H30N4O3. The first-order chi connectivity index (χ1) is 14.1. The number of rotatable bonds is 8. The summed E-state index contributed by atoms with van der Waals surface area (Å²) in [4.78, 5) is 18.3. The Kier molecular flexibility index (Phi) is 7.69. The van der Waals surface area contributed by atoms with Crippen molar-refractivity contribution < 1.29 is 13.9 Å². The summed E-state index contributed by atoms with van der Waals surface area (Å²) in [5.41, 5.74) is 1.73. The van der Waals surface area contributed by atoms with E-state index < -0.39 is 0 Å². The van der Waals surface area contributed by atoms with Gasteiger partial charge in [-0.2, -0.15) is 0 Å². The summed E-state index contributed by atoms with van der Waals surface area (Å²) in [6.45, 7) is 3.74. The van der Waals surface area contributed by atoms with Gasteiger partial charge in [0.2, 0.25) is 0 Å². The van der Waals surface area contributed by atoms with E-state index in [0.717, 1.165) is 56.4 Å². The second-order valence-electron chi connectivity index (χ2n) is 7.43. The van der Waals surface area contributed by atoms with Crippen LogP contribution < -0.4 is 10.6 Å². The second kappa shape index (κ2) is 10.7. The van der Waals surface area contributed by atoms with Gasteiger partial charge in [-0.3, -0.25) is 4.79 Å². The Hall–Kier alpha value is -2.80. The summed E-state index contributed by atoms with van der Waals surface area (Å²) < 4.78 is 10.8. The number of carbonyl (C=O) groups is 1. The number of benzene rings is 1. The molecule has 1 atom stereocenters. The minimum Gasteiger partial charge on any atom is -0.469 e. The van der Waals surface area contributed by atoms with Crippen LogP contribution in [0.1, 0.15) is 28.1 Å². The number of furan rings is 1. The van der Waals surface area contributed by atoms with Crippen LogP contribution in [0.15, 0.2) is 52.1 Å². The first-order valence-corrected chi connectivity index (χ1v) is 10.0. The number of nitrogens with zero attached hydrogens (tertiary/aromatic N) is 2. The zero-order valence-corrected chi connectivity index (χ0v) is 17.2. The van der Waals surface area contributed by atoms with Crippen molar-refractivity contribution in [1.29, 1.82) is 0 Å². The molecule has 29 heavy (non-hydrogen) atoms. The van der Waals surface area contributed by atoms with Gasteiger partial charge < -0.3 is 24.7 Å². The Morgan fingerprint density at radius 3 is 2.69 bits per heavy atom. The van der Waals surface area contributed by atoms with Crippen molar-refractivity contribution in [3.05, 3.63) is 59.5 Å². The van der Waals surface area contributed by atoms with E-state index in [1.807, 2.05) is 36.4 Å². The lowest BCUT2D eigenvalue weighted by atomic mass is 10.1. The summed E-state index contributed by atoms with van der Waals surface area (Å²) in [6.07, 6.45) is 3.56. The predicted octanol–water partition coefficient (Wildman–Crippen LogP) is 2.30. The molecule has 0 spiro atoms. The molecule has 1 amide bonds. The lowest BCUT2D eigenvalue weighted by Gasteiger charge is -2.15. The Balaban J connectivity index is 1.57. The summed E-state index contributed by atoms with van der Waals surface area (Å²) in [5, 5.41) is 6.80. The van der Waals surface area contributed by atoms with E-state index >= 15 is 0 Å². The van der Waals surface area contributed by atoms with Crippen molar-refractivity contribution in [1.82, 2.24) is 15.5 Å². The summed E-state index contributed by atoms with van der Waals surface area (Å²) in [6, 6.07) is 11.5. The van der Waals surface area contributed by atoms with Gasteiger partial charge in [-0.25, -0.2) is 4.99 Å². The number of ether oxygens (including phenoxy) is 1. The number of carbonyl (C=O) groups excluding carboxylic acids is 1. The Morgan fingerprint density at radius 2 is 2.03 bits per heavy atom. The number of hydrogen-bond acceptors (Lipinski definition) is 4. The van der Waals surface area contributed by atoms with Crippen molar-refractivity contribution in [2.24, 2.45) is 10.9 Å². The third-order valence-electron chi connectivity index (χ3n) is 4.85. The highest BCUT2D eigenvalue weighted by atomic mass is 16.5. The maximum Gasteiger partial charge on any atom is 0.253 e. The molecule has 1 saturated heterocycles. The topological polar surface area (TPSA) is 79.1 Å². The molecule has 1 aliphatic heterocycles. The average Bonchev–Trinajstić information content (AvgIpc) is 3.43. The quantitative estimate of drug-likeness (QED) is 0.527. The van der Waals surface area contributed by atoms with E-state index in [2.05, 4.69) is 10.6 Å². The van der Waals surface area contributed by atoms with E-state index in [0.29, 0.717) is 18.0 Å². The molecule has 1 fully saturated rings. The van der Waals surface area contributed by atoms with Crippen molar-refractivity contribution in [3.63, 3.8) is 0 Å². The summed E-state index contributed by atoms with van der Waals surface area (Å²) in [7, 11) is 3.50. The molecule has 1 aromatic heterocycles. The molecule has 1 unspecified atom stereocenters. The first kappa shape index (κ1) is 20.9. The highest BCUT2D eigenvalue weighted by Gasteiger charge is 2.15. The highest BCUT2D eigenvalue weighted by molar-refractivity contribution is 5.93. The first-order valence-electron chi connectivity index (χ1n) is 10.0. The van der Waals surface area contributed by atoms with Gasteiger partial charge >= 0.3 is 0 Å². The van der Waals surface area contributed by atoms with E-state index in [4.69, 9.17) is 14.1 Å². The van der Waals surface area contributed by atoms with E-state index in [-0.39, 0.29) is 5.91 Å². The molecule has 0 saturated carbocycles. The second-order valence-corrected chi connectivity index (χ2v) is 7.43. The van der Waals surface area contributed by atoms with Crippen LogP contribution in [0.5, 0.6) is 0 Å². The van der Waals surface area contributed by atoms with Gasteiger partial charge in [0.1, 0.15) is 5.76 Å². The monoisotopic (exact) mass is 398 g/mol. The minimum atomic E-state index is 0.000724. The molecule has 156 valence electrons. The van der Waals surface area contributed by atoms with Crippen LogP contribution in [0.25, 0.3) is 0 Å². The fourth-order valence-electron chi connectivity index (χ4n) is 3.10. The molecule has 2 aromatic rings. The summed E-state index contributed by atoms with van der Waals surface area (Å²) >= 11 is 0. The van der Waals surface area contributed by atoms with Crippen LogP contribution >= 0.6 is 0 Å². The van der Waals surface area contributed by atoms with Crippen LogP contribution in [0.4, 0.5) is 0 Å². The predicted molar refractivity (Wildman–Crippen MR) is 113 cm³/mol. The molecule has 0 radical (unpaired) electrons. The third-order valence-corrected chi connectivity index (χ3v) is 4.85. The molecule has 2 N–H and O–H groups in total. The average molecular weight is 399 g/mol. The molecule has 0 aliphatic carbocycles. The number of guanidine groups is 1. The molecule has 7 heteroatoms. The van der Waals surface area contributed by atoms with Gasteiger partial charge in [0.15, 0.2) is 5.96 Å². The molecule has 0 bridgehead atoms. The molecule has 2 heterocycles. The van der Waals surface area contributed by atoms with Crippen molar-refractivity contribution in [3.8, 4) is 0 Å². The molecule has 7 nitrogen and oxygen atoms in total. The Morgan fingerprint density at radius 1 is 1.21 bits per heavy atom. The van der Waals surface area contributed by atoms with E-state index in [1.54, 1.807) is 25.3 Å². The highest BCUT2D eigenvalue weighted by Crippen LogP contribution is 2.11. The number of hydrogen-bond donors (Lipinski definition) is 2. The van der Waals surface area contributed by atoms with Crippen molar-refractivity contribution in [2.75, 3.05) is 40.4 Å². The SMILES string of the molecule is CN(C)C(=O)c1ccc(CN=C(NCCc2ccco2)NCC2CCOC2)cc1. The Labute approximate surface area is 172 Å². The molecule has 3 rings (SSSR count). The lowest BCUT2D eigenvalue weighted by molar-refractivity contribution is 0.0827. The molecule has 1 aromatic carbocycles. The van der Waals surface area contributed by atoms with Gasteiger partial charge in [0, 0.05) is 51.7 Å². The van der Waals surface area contributed by atoms with Crippen LogP contribution in [-0.4, -0.2) is 57.2 Å². The number of aliphatic imine (C=N–C) groups is 1. The van der Waals surface area contributed by atoms with Gasteiger partial charge in [-0.15, -0.1) is 0 Å². The number of nitrogens with one attached hydrogen (secondary N) is 2. The van der Waals surface area contributed by atoms with E-state index in [9.17, 15) is 4.79 Å². The lowest BCUT2D eigenvalue weighted by Crippen LogP contribution is -2.40. The zero-order valence-electron chi connectivity index (χ0n) is 17.2. The number of amides is 1. The summed E-state index contributed by atoms with van der Waals surface area (Å²) in [5.74, 6) is 2.24. The van der Waals surface area contributed by atoms with Crippen LogP contribution in [0, 0.1) is 5.92 Å². The zero-order chi connectivity index (χ0) is 20.5. The van der Waals surface area contributed by atoms with Gasteiger partial charge in [0.25, 0.3) is 5.91 Å². The normalized spacial score (nSPS) is 16.6. The standard InChI is InChI=1S/C22H30N4O3/c1-26(2)21(27)19-7-5-17(6-8-19)14-24-22(25-15-18-10-13-28-16-18)23-11-9-20-4-3-12-29-20/h3-8,12,18H,9-11,13-16H2,1-2H3,(H2,23,24,25). The van der Waals surface area contributed by atoms with Gasteiger partial charge in [-0.1, -0.05) is 12.1 Å². The van der Waals surface area contributed by atoms with Crippen LogP contribution in [-0.2, 0) is 17.7 Å². The van der Waals surface area contributed by atoms with E-state index in [1.165, 1.54) is 0 Å². The maximum absolute atomic E-state index is 12.0. The fourth-order valence-corrected chi connectivity index (χ4v) is 3.10. The maximum atomic E-state index is 12.0. The van der Waals surface area contributed by atoms with Crippen molar-refractivity contribution >= 4 is 11.9 Å². The minimum absolute atomic E-state index is 0.000724. The van der Waals surface area contributed by atoms with Gasteiger partial charge in [0.05, 0.1) is 19.4 Å². The van der Waals surface area contributed by atoms with Crippen LogP contribution in [0.3, 0.4) is 0 Å². The fraction of sp³-hybridized carbons (Fsp3) is 0.455. The van der Waals surface area contributed by atoms with Crippen LogP contribution in [0.2, 0.25) is 0 Å². The van der Waals surface area contributed by atoms with Crippen molar-refractivity contribution in [2.45, 2.75) is 19.4 Å².